The molecule has 2 rings (SSSR count). The summed E-state index contributed by atoms with van der Waals surface area (Å²) in [5, 5.41) is 5.58. The van der Waals surface area contributed by atoms with Gasteiger partial charge in [0, 0.05) is 25.7 Å². The molecule has 1 fully saturated rings. The lowest BCUT2D eigenvalue weighted by molar-refractivity contribution is 0.240. The Bertz CT molecular complexity index is 700. The first-order chi connectivity index (χ1) is 11.8. The second-order valence-electron chi connectivity index (χ2n) is 6.01. The maximum atomic E-state index is 12.1. The number of methoxy groups -OCH3 is 2. The largest absolute Gasteiger partial charge is 0.497 e. The van der Waals surface area contributed by atoms with Crippen LogP contribution in [0, 0.1) is 5.92 Å². The van der Waals surface area contributed by atoms with E-state index in [2.05, 4.69) is 10.6 Å². The van der Waals surface area contributed by atoms with Crippen LogP contribution in [0.25, 0.3) is 0 Å². The van der Waals surface area contributed by atoms with E-state index < -0.39 is 10.0 Å². The summed E-state index contributed by atoms with van der Waals surface area (Å²) in [7, 11) is -0.0448. The Morgan fingerprint density at radius 1 is 1.24 bits per heavy atom. The molecule has 2 amide bonds. The van der Waals surface area contributed by atoms with Crippen molar-refractivity contribution in [1.29, 1.82) is 0 Å². The van der Waals surface area contributed by atoms with Gasteiger partial charge in [-0.05, 0) is 30.9 Å². The summed E-state index contributed by atoms with van der Waals surface area (Å²) in [6.45, 7) is 1.50. The van der Waals surface area contributed by atoms with Crippen molar-refractivity contribution in [2.45, 2.75) is 12.8 Å². The van der Waals surface area contributed by atoms with E-state index in [1.807, 2.05) is 0 Å². The molecule has 9 heteroatoms. The molecular weight excluding hydrogens is 346 g/mol. The van der Waals surface area contributed by atoms with Crippen LogP contribution in [0.4, 0.5) is 10.5 Å². The number of benzene rings is 1. The summed E-state index contributed by atoms with van der Waals surface area (Å²) >= 11 is 0. The van der Waals surface area contributed by atoms with Gasteiger partial charge in [0.05, 0.1) is 26.2 Å². The third-order valence-corrected chi connectivity index (χ3v) is 5.55. The van der Waals surface area contributed by atoms with E-state index in [0.29, 0.717) is 36.8 Å². The number of nitrogens with one attached hydrogen (secondary N) is 2. The Morgan fingerprint density at radius 3 is 2.48 bits per heavy atom. The molecule has 1 aliphatic rings. The number of piperidine rings is 1. The number of rotatable bonds is 6. The van der Waals surface area contributed by atoms with Crippen molar-refractivity contribution in [3.05, 3.63) is 18.2 Å². The van der Waals surface area contributed by atoms with Crippen molar-refractivity contribution in [1.82, 2.24) is 9.62 Å². The Morgan fingerprint density at radius 2 is 1.92 bits per heavy atom. The smallest absolute Gasteiger partial charge is 0.319 e. The van der Waals surface area contributed by atoms with E-state index in [1.165, 1.54) is 17.7 Å². The summed E-state index contributed by atoms with van der Waals surface area (Å²) in [6, 6.07) is 4.81. The third-order valence-electron chi connectivity index (χ3n) is 4.25. The van der Waals surface area contributed by atoms with Gasteiger partial charge in [-0.2, -0.15) is 0 Å². The summed E-state index contributed by atoms with van der Waals surface area (Å²) < 4.78 is 34.8. The molecule has 1 saturated heterocycles. The molecule has 0 atom stereocenters. The summed E-state index contributed by atoms with van der Waals surface area (Å²) in [5.41, 5.74) is 0.549. The van der Waals surface area contributed by atoms with Crippen LogP contribution in [0.1, 0.15) is 12.8 Å². The fraction of sp³-hybridized carbons (Fsp3) is 0.562. The Labute approximate surface area is 148 Å². The summed E-state index contributed by atoms with van der Waals surface area (Å²) in [6.07, 6.45) is 2.69. The third kappa shape index (κ3) is 5.50. The number of nitrogens with zero attached hydrogens (tertiary/aromatic N) is 1. The summed E-state index contributed by atoms with van der Waals surface area (Å²) in [4.78, 5) is 12.1. The minimum Gasteiger partial charge on any atom is -0.497 e. The molecule has 8 nitrogen and oxygen atoms in total. The molecule has 1 heterocycles. The van der Waals surface area contributed by atoms with Crippen LogP contribution in [0.2, 0.25) is 0 Å². The van der Waals surface area contributed by atoms with E-state index in [0.717, 1.165) is 12.8 Å². The summed E-state index contributed by atoms with van der Waals surface area (Å²) in [5.74, 6) is 1.41. The average molecular weight is 371 g/mol. The monoisotopic (exact) mass is 371 g/mol. The van der Waals surface area contributed by atoms with Crippen molar-refractivity contribution >= 4 is 21.7 Å². The molecular formula is C16H25N3O5S. The molecule has 0 aliphatic carbocycles. The van der Waals surface area contributed by atoms with Crippen molar-refractivity contribution in [2.75, 3.05) is 45.4 Å². The topological polar surface area (TPSA) is 97.0 Å². The quantitative estimate of drug-likeness (QED) is 0.790. The molecule has 2 N–H and O–H groups in total. The highest BCUT2D eigenvalue weighted by molar-refractivity contribution is 7.88. The number of urea groups is 1. The van der Waals surface area contributed by atoms with Crippen molar-refractivity contribution in [3.8, 4) is 11.5 Å². The molecule has 1 aliphatic heterocycles. The fourth-order valence-corrected chi connectivity index (χ4v) is 3.62. The van der Waals surface area contributed by atoms with Crippen LogP contribution >= 0.6 is 0 Å². The number of hydrogen-bond acceptors (Lipinski definition) is 5. The van der Waals surface area contributed by atoms with Gasteiger partial charge in [0.2, 0.25) is 10.0 Å². The minimum atomic E-state index is -3.13. The highest BCUT2D eigenvalue weighted by atomic mass is 32.2. The van der Waals surface area contributed by atoms with E-state index in [1.54, 1.807) is 25.3 Å². The molecule has 1 aromatic carbocycles. The molecule has 0 unspecified atom stereocenters. The highest BCUT2D eigenvalue weighted by Gasteiger charge is 2.25. The van der Waals surface area contributed by atoms with E-state index in [4.69, 9.17) is 9.47 Å². The lowest BCUT2D eigenvalue weighted by Gasteiger charge is -2.30. The lowest BCUT2D eigenvalue weighted by atomic mass is 9.98. The molecule has 1 aromatic rings. The zero-order chi connectivity index (χ0) is 18.4. The maximum absolute atomic E-state index is 12.1. The zero-order valence-corrected chi connectivity index (χ0v) is 15.6. The fourth-order valence-electron chi connectivity index (χ4n) is 2.75. The van der Waals surface area contributed by atoms with Crippen LogP contribution in [-0.4, -0.2) is 58.9 Å². The molecule has 25 heavy (non-hydrogen) atoms. The second-order valence-corrected chi connectivity index (χ2v) is 7.99. The number of carbonyl (C=O) groups is 1. The first kappa shape index (κ1) is 19.3. The van der Waals surface area contributed by atoms with Crippen molar-refractivity contribution in [2.24, 2.45) is 5.92 Å². The average Bonchev–Trinajstić information content (AvgIpc) is 2.60. The molecule has 0 radical (unpaired) electrons. The molecule has 0 spiro atoms. The van der Waals surface area contributed by atoms with Crippen LogP contribution in [0.3, 0.4) is 0 Å². The van der Waals surface area contributed by atoms with Gasteiger partial charge >= 0.3 is 6.03 Å². The highest BCUT2D eigenvalue weighted by Crippen LogP contribution is 2.28. The predicted octanol–water partition coefficient (Wildman–Crippen LogP) is 1.50. The Balaban J connectivity index is 1.82. The van der Waals surface area contributed by atoms with E-state index >= 15 is 0 Å². The van der Waals surface area contributed by atoms with Crippen molar-refractivity contribution in [3.63, 3.8) is 0 Å². The van der Waals surface area contributed by atoms with Gasteiger partial charge in [-0.3, -0.25) is 0 Å². The molecule has 0 bridgehead atoms. The van der Waals surface area contributed by atoms with E-state index in [-0.39, 0.29) is 11.9 Å². The first-order valence-electron chi connectivity index (χ1n) is 8.05. The van der Waals surface area contributed by atoms with Crippen LogP contribution in [0.5, 0.6) is 11.5 Å². The van der Waals surface area contributed by atoms with Gasteiger partial charge in [0.15, 0.2) is 0 Å². The first-order valence-corrected chi connectivity index (χ1v) is 9.90. The van der Waals surface area contributed by atoms with Gasteiger partial charge in [-0.15, -0.1) is 0 Å². The Kier molecular flexibility index (Phi) is 6.49. The van der Waals surface area contributed by atoms with Gasteiger partial charge in [-0.25, -0.2) is 17.5 Å². The SMILES string of the molecule is COc1ccc(NC(=O)NCC2CCN(S(C)(=O)=O)CC2)c(OC)c1. The maximum Gasteiger partial charge on any atom is 0.319 e. The van der Waals surface area contributed by atoms with E-state index in [9.17, 15) is 13.2 Å². The number of sulfonamides is 1. The van der Waals surface area contributed by atoms with Crippen LogP contribution in [0.15, 0.2) is 18.2 Å². The van der Waals surface area contributed by atoms with Gasteiger partial charge in [0.1, 0.15) is 11.5 Å². The number of amides is 2. The lowest BCUT2D eigenvalue weighted by Crippen LogP contribution is -2.41. The van der Waals surface area contributed by atoms with Crippen molar-refractivity contribution < 1.29 is 22.7 Å². The van der Waals surface area contributed by atoms with Gasteiger partial charge in [-0.1, -0.05) is 0 Å². The van der Waals surface area contributed by atoms with Gasteiger partial charge in [0.25, 0.3) is 0 Å². The minimum absolute atomic E-state index is 0.265. The van der Waals surface area contributed by atoms with Gasteiger partial charge < -0.3 is 20.1 Å². The van der Waals surface area contributed by atoms with Crippen LogP contribution in [-0.2, 0) is 10.0 Å². The second kappa shape index (κ2) is 8.39. The molecule has 0 saturated carbocycles. The van der Waals surface area contributed by atoms with Crippen LogP contribution < -0.4 is 20.1 Å². The Hall–Kier alpha value is -2.00. The standard InChI is InChI=1S/C16H25N3O5S/c1-23-13-4-5-14(15(10-13)24-2)18-16(20)17-11-12-6-8-19(9-7-12)25(3,21)22/h4-5,10,12H,6-9,11H2,1-3H3,(H2,17,18,20). The molecule has 0 aromatic heterocycles. The number of hydrogen-bond donors (Lipinski definition) is 2. The normalized spacial score (nSPS) is 16.3. The number of carbonyl (C=O) groups excluding carboxylic acids is 1. The zero-order valence-electron chi connectivity index (χ0n) is 14.7. The number of ether oxygens (including phenoxy) is 2. The molecule has 140 valence electrons. The number of anilines is 1. The predicted molar refractivity (Wildman–Crippen MR) is 95.7 cm³/mol.